The van der Waals surface area contributed by atoms with Gasteiger partial charge in [-0.1, -0.05) is 42.5 Å². The van der Waals surface area contributed by atoms with Gasteiger partial charge in [-0.3, -0.25) is 14.5 Å². The number of hydrogen-bond donors (Lipinski definition) is 2. The highest BCUT2D eigenvalue weighted by Crippen LogP contribution is 2.38. The first-order valence-corrected chi connectivity index (χ1v) is 15.2. The largest absolute Gasteiger partial charge is 0.417 e. The summed E-state index contributed by atoms with van der Waals surface area (Å²) in [7, 11) is 0. The number of hydrogen-bond acceptors (Lipinski definition) is 5. The summed E-state index contributed by atoms with van der Waals surface area (Å²) in [6, 6.07) is 21.3. The first kappa shape index (κ1) is 31.5. The average molecular weight is 633 g/mol. The fourth-order valence-electron chi connectivity index (χ4n) is 6.40. The van der Waals surface area contributed by atoms with Crippen LogP contribution < -0.4 is 4.90 Å². The van der Waals surface area contributed by atoms with Gasteiger partial charge in [0.05, 0.1) is 31.4 Å². The van der Waals surface area contributed by atoms with E-state index in [1.54, 1.807) is 47.1 Å². The number of aliphatic hydroxyl groups is 2. The van der Waals surface area contributed by atoms with Crippen LogP contribution in [0.4, 0.5) is 18.9 Å². The molecule has 0 saturated carbocycles. The first-order chi connectivity index (χ1) is 22.0. The number of benzene rings is 3. The SMILES string of the molecule is Cc1cc(C(=O)N2Cc3ccc(C(=O)N4CCN(C[C@H](O)CO)CC4)n3Cc3ccccc32)ccc1-c1ccccc1C(F)(F)F. The molecule has 2 aliphatic rings. The Morgan fingerprint density at radius 2 is 1.57 bits per heavy atom. The number of alkyl halides is 3. The topological polar surface area (TPSA) is 89.2 Å². The van der Waals surface area contributed by atoms with Crippen molar-refractivity contribution in [2.24, 2.45) is 0 Å². The van der Waals surface area contributed by atoms with Gasteiger partial charge in [-0.05, 0) is 65.6 Å². The Hall–Kier alpha value is -4.45. The van der Waals surface area contributed by atoms with Crippen LogP contribution in [-0.2, 0) is 19.3 Å². The highest BCUT2D eigenvalue weighted by atomic mass is 19.4. The van der Waals surface area contributed by atoms with Crippen molar-refractivity contribution in [3.63, 3.8) is 0 Å². The lowest BCUT2D eigenvalue weighted by Crippen LogP contribution is -2.51. The molecule has 0 bridgehead atoms. The van der Waals surface area contributed by atoms with Gasteiger partial charge in [-0.15, -0.1) is 0 Å². The molecule has 2 N–H and O–H groups in total. The van der Waals surface area contributed by atoms with Crippen LogP contribution in [-0.4, -0.2) is 81.8 Å². The quantitative estimate of drug-likeness (QED) is 0.319. The van der Waals surface area contributed by atoms with Crippen molar-refractivity contribution < 1.29 is 33.0 Å². The molecule has 1 saturated heterocycles. The second-order valence-electron chi connectivity index (χ2n) is 11.8. The van der Waals surface area contributed by atoms with Gasteiger partial charge in [-0.2, -0.15) is 13.2 Å². The van der Waals surface area contributed by atoms with Crippen LogP contribution in [0, 0.1) is 6.92 Å². The maximum absolute atomic E-state index is 14.1. The number of carbonyl (C=O) groups is 2. The number of carbonyl (C=O) groups excluding carboxylic acids is 2. The third-order valence-electron chi connectivity index (χ3n) is 8.80. The molecule has 3 heterocycles. The average Bonchev–Trinajstić information content (AvgIpc) is 3.36. The maximum atomic E-state index is 14.1. The zero-order chi connectivity index (χ0) is 32.6. The zero-order valence-corrected chi connectivity index (χ0v) is 25.4. The summed E-state index contributed by atoms with van der Waals surface area (Å²) in [5.41, 5.74) is 3.50. The molecule has 6 rings (SSSR count). The molecule has 4 aromatic rings. The van der Waals surface area contributed by atoms with Crippen molar-refractivity contribution >= 4 is 17.5 Å². The van der Waals surface area contributed by atoms with Crippen LogP contribution in [0.25, 0.3) is 11.1 Å². The molecule has 1 aromatic heterocycles. The van der Waals surface area contributed by atoms with Crippen LogP contribution in [0.5, 0.6) is 0 Å². The number of nitrogens with zero attached hydrogens (tertiary/aromatic N) is 4. The maximum Gasteiger partial charge on any atom is 0.417 e. The summed E-state index contributed by atoms with van der Waals surface area (Å²) in [5, 5.41) is 18.9. The molecule has 0 spiro atoms. The molecule has 3 aromatic carbocycles. The van der Waals surface area contributed by atoms with E-state index in [1.807, 2.05) is 39.8 Å². The third-order valence-corrected chi connectivity index (χ3v) is 8.80. The second kappa shape index (κ2) is 12.7. The van der Waals surface area contributed by atoms with E-state index in [2.05, 4.69) is 0 Å². The van der Waals surface area contributed by atoms with Crippen molar-refractivity contribution in [2.75, 3.05) is 44.2 Å². The molecule has 8 nitrogen and oxygen atoms in total. The molecule has 2 aliphatic heterocycles. The number of aliphatic hydroxyl groups excluding tert-OH is 2. The minimum atomic E-state index is -4.51. The monoisotopic (exact) mass is 632 g/mol. The Bertz CT molecular complexity index is 1760. The van der Waals surface area contributed by atoms with Gasteiger partial charge in [0.2, 0.25) is 0 Å². The fraction of sp³-hybridized carbons (Fsp3) is 0.314. The van der Waals surface area contributed by atoms with Crippen molar-refractivity contribution in [2.45, 2.75) is 32.3 Å². The summed E-state index contributed by atoms with van der Waals surface area (Å²) in [5.74, 6) is -0.411. The van der Waals surface area contributed by atoms with Gasteiger partial charge in [0, 0.05) is 49.7 Å². The lowest BCUT2D eigenvalue weighted by molar-refractivity contribution is -0.137. The predicted molar refractivity (Wildman–Crippen MR) is 168 cm³/mol. The van der Waals surface area contributed by atoms with Crippen LogP contribution in [0.15, 0.2) is 78.9 Å². The summed E-state index contributed by atoms with van der Waals surface area (Å²) >= 11 is 0. The number of aryl methyl sites for hydroxylation is 1. The second-order valence-corrected chi connectivity index (χ2v) is 11.8. The molecular formula is C35H35F3N4O4. The standard InChI is InChI=1S/C35H35F3N4O4/c1-23-18-24(10-12-28(23)29-7-3-4-8-30(29)35(36,37)38)33(45)42-20-26-11-13-32(41(26)19-25-6-2-5-9-31(25)42)34(46)40-16-14-39(15-17-40)21-27(44)22-43/h2-13,18,27,43-44H,14-17,19-22H2,1H3/t27-/m0/s1. The number of halogens is 3. The molecule has 46 heavy (non-hydrogen) atoms. The van der Waals surface area contributed by atoms with E-state index < -0.39 is 17.8 Å². The zero-order valence-electron chi connectivity index (χ0n) is 25.4. The smallest absolute Gasteiger partial charge is 0.394 e. The van der Waals surface area contributed by atoms with E-state index in [0.29, 0.717) is 67.3 Å². The van der Waals surface area contributed by atoms with Gasteiger partial charge in [-0.25, -0.2) is 0 Å². The number of piperazine rings is 1. The van der Waals surface area contributed by atoms with Gasteiger partial charge < -0.3 is 24.6 Å². The lowest BCUT2D eigenvalue weighted by Gasteiger charge is -2.35. The summed E-state index contributed by atoms with van der Waals surface area (Å²) < 4.78 is 43.2. The van der Waals surface area contributed by atoms with E-state index in [0.717, 1.165) is 17.3 Å². The number of anilines is 1. The van der Waals surface area contributed by atoms with Gasteiger partial charge in [0.25, 0.3) is 11.8 Å². The highest BCUT2D eigenvalue weighted by molar-refractivity contribution is 6.07. The normalized spacial score (nSPS) is 16.0. The van der Waals surface area contributed by atoms with E-state index >= 15 is 0 Å². The van der Waals surface area contributed by atoms with Gasteiger partial charge in [0.1, 0.15) is 5.69 Å². The third kappa shape index (κ3) is 6.18. The Morgan fingerprint density at radius 3 is 2.28 bits per heavy atom. The Kier molecular flexibility index (Phi) is 8.73. The van der Waals surface area contributed by atoms with Crippen molar-refractivity contribution in [3.05, 3.63) is 113 Å². The molecule has 240 valence electrons. The number of rotatable bonds is 6. The number of β-amino-alcohol motifs (C(OH)–C–C–N with tert-alkyl or cyclic N) is 1. The Morgan fingerprint density at radius 1 is 0.848 bits per heavy atom. The predicted octanol–water partition coefficient (Wildman–Crippen LogP) is 4.80. The van der Waals surface area contributed by atoms with Crippen molar-refractivity contribution in [1.82, 2.24) is 14.4 Å². The molecule has 11 heteroatoms. The van der Waals surface area contributed by atoms with Crippen molar-refractivity contribution in [3.8, 4) is 11.1 Å². The molecule has 2 amide bonds. The van der Waals surface area contributed by atoms with E-state index in [9.17, 15) is 27.9 Å². The van der Waals surface area contributed by atoms with E-state index in [4.69, 9.17) is 5.11 Å². The van der Waals surface area contributed by atoms with Crippen LogP contribution in [0.1, 0.15) is 43.2 Å². The molecular weight excluding hydrogens is 597 g/mol. The van der Waals surface area contributed by atoms with Crippen molar-refractivity contribution in [1.29, 1.82) is 0 Å². The Labute approximate surface area is 264 Å². The summed E-state index contributed by atoms with van der Waals surface area (Å²) in [4.78, 5) is 33.3. The first-order valence-electron chi connectivity index (χ1n) is 15.2. The number of amides is 2. The van der Waals surface area contributed by atoms with E-state index in [1.165, 1.54) is 12.1 Å². The minimum Gasteiger partial charge on any atom is -0.394 e. The van der Waals surface area contributed by atoms with Gasteiger partial charge in [0.15, 0.2) is 0 Å². The lowest BCUT2D eigenvalue weighted by atomic mass is 9.94. The number of aromatic nitrogens is 1. The molecule has 1 fully saturated rings. The molecule has 1 atom stereocenters. The van der Waals surface area contributed by atoms with Crippen LogP contribution in [0.2, 0.25) is 0 Å². The minimum absolute atomic E-state index is 0.0609. The van der Waals surface area contributed by atoms with Crippen LogP contribution >= 0.6 is 0 Å². The number of fused-ring (bicyclic) bond motifs is 2. The fourth-order valence-corrected chi connectivity index (χ4v) is 6.40. The van der Waals surface area contributed by atoms with Gasteiger partial charge >= 0.3 is 6.18 Å². The summed E-state index contributed by atoms with van der Waals surface area (Å²) in [6.07, 6.45) is -5.33. The highest BCUT2D eigenvalue weighted by Gasteiger charge is 2.34. The molecule has 0 radical (unpaired) electrons. The number of para-hydroxylation sites is 1. The summed E-state index contributed by atoms with van der Waals surface area (Å²) in [6.45, 7) is 4.48. The molecule has 0 aliphatic carbocycles. The molecule has 0 unspecified atom stereocenters. The Balaban J connectivity index is 1.27. The van der Waals surface area contributed by atoms with Crippen LogP contribution in [0.3, 0.4) is 0 Å². The van der Waals surface area contributed by atoms with E-state index in [-0.39, 0.29) is 30.5 Å².